The molecule has 0 bridgehead atoms. The molecule has 2 aromatic rings. The first kappa shape index (κ1) is 22.9. The van der Waals surface area contributed by atoms with Gasteiger partial charge in [-0.2, -0.15) is 4.31 Å². The summed E-state index contributed by atoms with van der Waals surface area (Å²) >= 11 is 12.5. The number of aromatic nitrogens is 1. The summed E-state index contributed by atoms with van der Waals surface area (Å²) in [6.45, 7) is -0.0876. The number of halogens is 2. The number of carboxylic acid groups (broad SMARTS) is 1. The van der Waals surface area contributed by atoms with Crippen LogP contribution in [0.5, 0.6) is 0 Å². The zero-order valence-corrected chi connectivity index (χ0v) is 18.5. The molecule has 0 radical (unpaired) electrons. The number of amides is 1. The van der Waals surface area contributed by atoms with E-state index in [4.69, 9.17) is 28.9 Å². The molecule has 0 saturated carbocycles. The van der Waals surface area contributed by atoms with Crippen molar-refractivity contribution in [3.63, 3.8) is 0 Å². The van der Waals surface area contributed by atoms with E-state index in [0.717, 1.165) is 15.6 Å². The Bertz CT molecular complexity index is 1030. The number of nitrogens with two attached hydrogens (primary N) is 1. The van der Waals surface area contributed by atoms with Crippen molar-refractivity contribution in [3.05, 3.63) is 45.5 Å². The molecule has 0 spiro atoms. The van der Waals surface area contributed by atoms with Crippen molar-refractivity contribution in [2.24, 2.45) is 5.73 Å². The minimum absolute atomic E-state index is 0.0191. The summed E-state index contributed by atoms with van der Waals surface area (Å²) < 4.78 is 27.0. The van der Waals surface area contributed by atoms with Crippen molar-refractivity contribution >= 4 is 56.4 Å². The fourth-order valence-electron chi connectivity index (χ4n) is 3.13. The van der Waals surface area contributed by atoms with Crippen LogP contribution in [-0.2, 0) is 26.0 Å². The highest BCUT2D eigenvalue weighted by Gasteiger charge is 2.44. The molecule has 30 heavy (non-hydrogen) atoms. The highest BCUT2D eigenvalue weighted by Crippen LogP contribution is 2.37. The second kappa shape index (κ2) is 9.16. The number of carbonyl (C=O) groups is 2. The van der Waals surface area contributed by atoms with Gasteiger partial charge in [-0.3, -0.25) is 9.78 Å². The number of carboxylic acids is 1. The van der Waals surface area contributed by atoms with E-state index in [0.29, 0.717) is 5.56 Å². The number of pyridine rings is 1. The summed E-state index contributed by atoms with van der Waals surface area (Å²) in [6.07, 6.45) is 3.10. The van der Waals surface area contributed by atoms with Crippen molar-refractivity contribution in [2.45, 2.75) is 35.2 Å². The van der Waals surface area contributed by atoms with E-state index in [-0.39, 0.29) is 33.0 Å². The molecule has 3 heterocycles. The SMILES string of the molecule is N[C@@H]1C[C@@H](C(=O)N[C@@H](Cc2ccncc2)C(=O)O)N(S(=O)(=O)c2cc(Cl)c(Cl)s2)C1. The molecule has 1 aliphatic heterocycles. The third-order valence-corrected chi connectivity index (χ3v) is 8.77. The van der Waals surface area contributed by atoms with Crippen LogP contribution < -0.4 is 11.1 Å². The molecule has 9 nitrogen and oxygen atoms in total. The summed E-state index contributed by atoms with van der Waals surface area (Å²) in [5.41, 5.74) is 6.58. The molecule has 3 rings (SSSR count). The average Bonchev–Trinajstić information content (AvgIpc) is 3.25. The van der Waals surface area contributed by atoms with Crippen LogP contribution >= 0.6 is 34.5 Å². The maximum Gasteiger partial charge on any atom is 0.326 e. The van der Waals surface area contributed by atoms with Crippen LogP contribution in [0.15, 0.2) is 34.8 Å². The largest absolute Gasteiger partial charge is 0.480 e. The predicted molar refractivity (Wildman–Crippen MR) is 112 cm³/mol. The van der Waals surface area contributed by atoms with Crippen molar-refractivity contribution < 1.29 is 23.1 Å². The number of thiophene rings is 1. The van der Waals surface area contributed by atoms with E-state index >= 15 is 0 Å². The maximum atomic E-state index is 13.0. The molecule has 1 amide bonds. The lowest BCUT2D eigenvalue weighted by Gasteiger charge is -2.24. The van der Waals surface area contributed by atoms with Crippen LogP contribution in [0, 0.1) is 0 Å². The molecule has 3 atom stereocenters. The minimum Gasteiger partial charge on any atom is -0.480 e. The van der Waals surface area contributed by atoms with Crippen LogP contribution in [0.25, 0.3) is 0 Å². The monoisotopic (exact) mass is 492 g/mol. The smallest absolute Gasteiger partial charge is 0.326 e. The van der Waals surface area contributed by atoms with Gasteiger partial charge in [0.25, 0.3) is 10.0 Å². The number of aliphatic carboxylic acids is 1. The van der Waals surface area contributed by atoms with E-state index in [1.165, 1.54) is 18.5 Å². The molecule has 0 aromatic carbocycles. The fourth-order valence-corrected chi connectivity index (χ4v) is 6.80. The van der Waals surface area contributed by atoms with Crippen LogP contribution in [0.1, 0.15) is 12.0 Å². The first-order chi connectivity index (χ1) is 14.1. The Labute approximate surface area is 186 Å². The number of rotatable bonds is 7. The van der Waals surface area contributed by atoms with Gasteiger partial charge < -0.3 is 16.2 Å². The van der Waals surface area contributed by atoms with Gasteiger partial charge in [0.15, 0.2) is 0 Å². The molecule has 4 N–H and O–H groups in total. The Morgan fingerprint density at radius 3 is 2.60 bits per heavy atom. The van der Waals surface area contributed by atoms with Gasteiger partial charge in [-0.05, 0) is 30.2 Å². The lowest BCUT2D eigenvalue weighted by molar-refractivity contribution is -0.142. The van der Waals surface area contributed by atoms with Crippen LogP contribution in [0.3, 0.4) is 0 Å². The Hall–Kier alpha value is -1.76. The van der Waals surface area contributed by atoms with Gasteiger partial charge in [-0.1, -0.05) is 23.2 Å². The quantitative estimate of drug-likeness (QED) is 0.529. The number of sulfonamides is 1. The van der Waals surface area contributed by atoms with Crippen LogP contribution in [-0.4, -0.2) is 59.4 Å². The number of nitrogens with one attached hydrogen (secondary N) is 1. The van der Waals surface area contributed by atoms with Crippen LogP contribution in [0.4, 0.5) is 0 Å². The van der Waals surface area contributed by atoms with Gasteiger partial charge in [-0.15, -0.1) is 11.3 Å². The van der Waals surface area contributed by atoms with E-state index < -0.39 is 40.0 Å². The molecule has 0 aliphatic carbocycles. The zero-order valence-electron chi connectivity index (χ0n) is 15.4. The molecular formula is C17H18Cl2N4O5S2. The number of hydrogen-bond acceptors (Lipinski definition) is 7. The van der Waals surface area contributed by atoms with Gasteiger partial charge in [0.05, 0.1) is 5.02 Å². The Kier molecular flexibility index (Phi) is 7.00. The molecule has 1 saturated heterocycles. The summed E-state index contributed by atoms with van der Waals surface area (Å²) in [5.74, 6) is -1.98. The van der Waals surface area contributed by atoms with Crippen molar-refractivity contribution in [1.29, 1.82) is 0 Å². The third-order valence-electron chi connectivity index (χ3n) is 4.58. The van der Waals surface area contributed by atoms with Gasteiger partial charge in [0.1, 0.15) is 20.6 Å². The highest BCUT2D eigenvalue weighted by atomic mass is 35.5. The first-order valence-corrected chi connectivity index (χ1v) is 11.7. The second-order valence-corrected chi connectivity index (χ2v) is 10.9. The molecular weight excluding hydrogens is 475 g/mol. The van der Waals surface area contributed by atoms with E-state index in [1.54, 1.807) is 12.1 Å². The van der Waals surface area contributed by atoms with E-state index in [2.05, 4.69) is 10.3 Å². The summed E-state index contributed by atoms with van der Waals surface area (Å²) in [4.78, 5) is 28.4. The van der Waals surface area contributed by atoms with Gasteiger partial charge >= 0.3 is 5.97 Å². The predicted octanol–water partition coefficient (Wildman–Crippen LogP) is 1.35. The molecule has 162 valence electrons. The lowest BCUT2D eigenvalue weighted by atomic mass is 10.1. The molecule has 2 aromatic heterocycles. The van der Waals surface area contributed by atoms with E-state index in [1.807, 2.05) is 0 Å². The van der Waals surface area contributed by atoms with Gasteiger partial charge in [0.2, 0.25) is 5.91 Å². The average molecular weight is 493 g/mol. The molecule has 1 aliphatic rings. The topological polar surface area (TPSA) is 143 Å². The summed E-state index contributed by atoms with van der Waals surface area (Å²) in [7, 11) is -4.10. The minimum atomic E-state index is -4.10. The second-order valence-electron chi connectivity index (χ2n) is 6.73. The van der Waals surface area contributed by atoms with Crippen molar-refractivity contribution in [3.8, 4) is 0 Å². The van der Waals surface area contributed by atoms with Gasteiger partial charge in [0, 0.05) is 31.4 Å². The summed E-state index contributed by atoms with van der Waals surface area (Å²) in [6, 6.07) is 1.51. The Morgan fingerprint density at radius 2 is 2.03 bits per heavy atom. The zero-order chi connectivity index (χ0) is 22.1. The number of carbonyl (C=O) groups excluding carboxylic acids is 1. The van der Waals surface area contributed by atoms with Crippen LogP contribution in [0.2, 0.25) is 9.36 Å². The number of nitrogens with zero attached hydrogens (tertiary/aromatic N) is 2. The molecule has 1 fully saturated rings. The van der Waals surface area contributed by atoms with E-state index in [9.17, 15) is 23.1 Å². The number of hydrogen-bond donors (Lipinski definition) is 3. The fraction of sp³-hybridized carbons (Fsp3) is 0.353. The third kappa shape index (κ3) is 4.93. The van der Waals surface area contributed by atoms with Crippen molar-refractivity contribution in [2.75, 3.05) is 6.54 Å². The maximum absolute atomic E-state index is 13.0. The molecule has 0 unspecified atom stereocenters. The highest BCUT2D eigenvalue weighted by molar-refractivity contribution is 7.91. The van der Waals surface area contributed by atoms with Crippen molar-refractivity contribution in [1.82, 2.24) is 14.6 Å². The standard InChI is InChI=1S/C17H18Cl2N4O5S2/c18-11-7-14(29-15(11)19)30(27,28)23-8-10(20)6-13(23)16(24)22-12(17(25)26)5-9-1-3-21-4-2-9/h1-4,7,10,12-13H,5-6,8,20H2,(H,22,24)(H,25,26)/t10-,12+,13+/m1/s1. The van der Waals surface area contributed by atoms with Gasteiger partial charge in [-0.25, -0.2) is 13.2 Å². The lowest BCUT2D eigenvalue weighted by Crippen LogP contribution is -2.51. The molecule has 13 heteroatoms. The summed E-state index contributed by atoms with van der Waals surface area (Å²) in [5, 5.41) is 12.0. The first-order valence-electron chi connectivity index (χ1n) is 8.74. The normalized spacial score (nSPS) is 20.8. The Morgan fingerprint density at radius 1 is 1.37 bits per heavy atom. The Balaban J connectivity index is 1.81.